The molecule has 9 heteroatoms. The average molecular weight is 534 g/mol. The van der Waals surface area contributed by atoms with Crippen LogP contribution >= 0.6 is 11.6 Å². The van der Waals surface area contributed by atoms with Gasteiger partial charge in [0, 0.05) is 65.6 Å². The molecule has 2 fully saturated rings. The highest BCUT2D eigenvalue weighted by atomic mass is 35.5. The van der Waals surface area contributed by atoms with Crippen molar-refractivity contribution in [3.63, 3.8) is 0 Å². The molecule has 3 aliphatic heterocycles. The van der Waals surface area contributed by atoms with Gasteiger partial charge >= 0.3 is 0 Å². The van der Waals surface area contributed by atoms with Crippen molar-refractivity contribution in [3.8, 4) is 5.75 Å². The largest absolute Gasteiger partial charge is 0.493 e. The lowest BCUT2D eigenvalue weighted by Gasteiger charge is -2.42. The Bertz CT molecular complexity index is 1360. The third-order valence-corrected chi connectivity index (χ3v) is 8.48. The topological polar surface area (TPSA) is 95.6 Å². The molecule has 2 saturated heterocycles. The van der Waals surface area contributed by atoms with E-state index < -0.39 is 5.41 Å². The molecule has 0 spiro atoms. The first-order valence-corrected chi connectivity index (χ1v) is 13.8. The summed E-state index contributed by atoms with van der Waals surface area (Å²) in [7, 11) is 0. The van der Waals surface area contributed by atoms with Gasteiger partial charge in [0.05, 0.1) is 23.9 Å². The number of halogens is 1. The molecule has 0 aliphatic carbocycles. The molecule has 2 amide bonds. The number of hydrazine groups is 1. The number of nitrogens with one attached hydrogen (secondary N) is 3. The summed E-state index contributed by atoms with van der Waals surface area (Å²) in [6.07, 6.45) is 7.84. The van der Waals surface area contributed by atoms with Gasteiger partial charge in [0.1, 0.15) is 5.75 Å². The van der Waals surface area contributed by atoms with Crippen molar-refractivity contribution in [1.82, 2.24) is 20.7 Å². The lowest BCUT2D eigenvalue weighted by Crippen LogP contribution is -2.56. The Labute approximate surface area is 227 Å². The molecule has 198 valence electrons. The second-order valence-corrected chi connectivity index (χ2v) is 10.9. The van der Waals surface area contributed by atoms with E-state index in [1.165, 1.54) is 0 Å². The molecule has 4 heterocycles. The van der Waals surface area contributed by atoms with Gasteiger partial charge in [-0.2, -0.15) is 0 Å². The normalized spacial score (nSPS) is 25.0. The summed E-state index contributed by atoms with van der Waals surface area (Å²) in [5.41, 5.74) is 6.71. The highest BCUT2D eigenvalue weighted by molar-refractivity contribution is 6.30. The number of nitrogens with zero attached hydrogens (tertiary/aromatic N) is 2. The minimum atomic E-state index is -1.13. The number of likely N-dealkylation sites (tertiary alicyclic amines) is 1. The molecule has 3 atom stereocenters. The van der Waals surface area contributed by atoms with E-state index in [2.05, 4.69) is 21.2 Å². The number of anilines is 1. The Morgan fingerprint density at radius 1 is 1.16 bits per heavy atom. The first kappa shape index (κ1) is 25.1. The summed E-state index contributed by atoms with van der Waals surface area (Å²) in [5.74, 6) is 0.337. The number of aromatic nitrogens is 1. The lowest BCUT2D eigenvalue weighted by atomic mass is 9.72. The number of pyridine rings is 1. The summed E-state index contributed by atoms with van der Waals surface area (Å²) in [6.45, 7) is 1.92. The van der Waals surface area contributed by atoms with Crippen LogP contribution in [0.5, 0.6) is 5.75 Å². The molecule has 0 bridgehead atoms. The summed E-state index contributed by atoms with van der Waals surface area (Å²) >= 11 is 6.43. The Kier molecular flexibility index (Phi) is 6.95. The Morgan fingerprint density at radius 2 is 2.05 bits per heavy atom. The van der Waals surface area contributed by atoms with Gasteiger partial charge < -0.3 is 15.0 Å². The number of ether oxygens (including phenoxy) is 1. The average Bonchev–Trinajstić information content (AvgIpc) is 3.48. The zero-order valence-electron chi connectivity index (χ0n) is 21.2. The van der Waals surface area contributed by atoms with Crippen LogP contribution in [0.2, 0.25) is 5.02 Å². The third kappa shape index (κ3) is 4.61. The number of carbonyl (C=O) groups is 2. The van der Waals surface area contributed by atoms with Gasteiger partial charge in [-0.25, -0.2) is 0 Å². The molecular formula is C29H32ClN5O3. The number of benzene rings is 2. The summed E-state index contributed by atoms with van der Waals surface area (Å²) in [5, 5.41) is 5.47. The zero-order chi connectivity index (χ0) is 26.1. The highest BCUT2D eigenvalue weighted by Crippen LogP contribution is 2.44. The van der Waals surface area contributed by atoms with Crippen LogP contribution < -0.4 is 20.9 Å². The van der Waals surface area contributed by atoms with Gasteiger partial charge in [-0.05, 0) is 43.9 Å². The van der Waals surface area contributed by atoms with E-state index in [0.29, 0.717) is 41.6 Å². The second kappa shape index (κ2) is 10.5. The highest BCUT2D eigenvalue weighted by Gasteiger charge is 2.48. The van der Waals surface area contributed by atoms with Crippen molar-refractivity contribution in [2.75, 3.05) is 25.0 Å². The van der Waals surface area contributed by atoms with Crippen LogP contribution in [-0.2, 0) is 15.0 Å². The molecule has 1 aromatic heterocycles. The summed E-state index contributed by atoms with van der Waals surface area (Å²) < 4.78 is 5.94. The van der Waals surface area contributed by atoms with Gasteiger partial charge in [0.25, 0.3) is 0 Å². The molecule has 3 N–H and O–H groups in total. The Hall–Kier alpha value is -3.20. The molecular weight excluding hydrogens is 502 g/mol. The minimum absolute atomic E-state index is 0.0116. The van der Waals surface area contributed by atoms with Gasteiger partial charge in [-0.15, -0.1) is 0 Å². The van der Waals surface area contributed by atoms with E-state index in [1.807, 2.05) is 29.2 Å². The molecule has 0 saturated carbocycles. The van der Waals surface area contributed by atoms with E-state index >= 15 is 0 Å². The Morgan fingerprint density at radius 3 is 2.92 bits per heavy atom. The molecule has 3 aliphatic rings. The van der Waals surface area contributed by atoms with Crippen molar-refractivity contribution < 1.29 is 14.3 Å². The molecule has 8 nitrogen and oxygen atoms in total. The van der Waals surface area contributed by atoms with Crippen molar-refractivity contribution >= 4 is 39.9 Å². The van der Waals surface area contributed by atoms with E-state index in [9.17, 15) is 9.59 Å². The van der Waals surface area contributed by atoms with Crippen molar-refractivity contribution in [1.29, 1.82) is 0 Å². The molecule has 3 unspecified atom stereocenters. The fourth-order valence-corrected chi connectivity index (χ4v) is 6.44. The zero-order valence-corrected chi connectivity index (χ0v) is 22.0. The monoisotopic (exact) mass is 533 g/mol. The van der Waals surface area contributed by atoms with Crippen LogP contribution in [-0.4, -0.2) is 53.5 Å². The standard InChI is InChI=1S/C29H32ClN5O3/c30-20-8-9-26-22(15-20)29(11-14-38-26,28(37)33-24-18-31-17-19-5-1-2-6-21(19)24)16-27(36)35-13-4-3-7-25(35)23-10-12-32-34-23/h1-2,5-6,8-9,15,17-18,23,25,32,34H,3-4,7,10-14,16H2,(H,33,37). The number of hydrogen-bond donors (Lipinski definition) is 3. The molecule has 6 rings (SSSR count). The van der Waals surface area contributed by atoms with Crippen LogP contribution in [0.25, 0.3) is 10.8 Å². The fraction of sp³-hybridized carbons (Fsp3) is 0.414. The van der Waals surface area contributed by atoms with E-state index in [4.69, 9.17) is 16.3 Å². The Balaban J connectivity index is 1.37. The maximum absolute atomic E-state index is 14.3. The number of hydrogen-bond acceptors (Lipinski definition) is 6. The van der Waals surface area contributed by atoms with Crippen LogP contribution in [0.3, 0.4) is 0 Å². The van der Waals surface area contributed by atoms with Gasteiger partial charge in [0.2, 0.25) is 11.8 Å². The van der Waals surface area contributed by atoms with Gasteiger partial charge in [-0.3, -0.25) is 25.4 Å². The fourth-order valence-electron chi connectivity index (χ4n) is 6.27. The summed E-state index contributed by atoms with van der Waals surface area (Å²) in [4.78, 5) is 34.8. The van der Waals surface area contributed by atoms with Gasteiger partial charge in [0.15, 0.2) is 0 Å². The number of piperidine rings is 1. The predicted molar refractivity (Wildman–Crippen MR) is 147 cm³/mol. The summed E-state index contributed by atoms with van der Waals surface area (Å²) in [6, 6.07) is 13.4. The van der Waals surface area contributed by atoms with Gasteiger partial charge in [-0.1, -0.05) is 35.9 Å². The van der Waals surface area contributed by atoms with E-state index in [0.717, 1.165) is 43.0 Å². The first-order chi connectivity index (χ1) is 18.5. The molecule has 0 radical (unpaired) electrons. The quantitative estimate of drug-likeness (QED) is 0.455. The molecule has 38 heavy (non-hydrogen) atoms. The maximum atomic E-state index is 14.3. The van der Waals surface area contributed by atoms with E-state index in [-0.39, 0.29) is 30.3 Å². The lowest BCUT2D eigenvalue weighted by molar-refractivity contribution is -0.140. The van der Waals surface area contributed by atoms with E-state index in [1.54, 1.807) is 30.6 Å². The van der Waals surface area contributed by atoms with Crippen LogP contribution in [0.4, 0.5) is 5.69 Å². The van der Waals surface area contributed by atoms with Crippen LogP contribution in [0.15, 0.2) is 54.9 Å². The van der Waals surface area contributed by atoms with Crippen molar-refractivity contribution in [2.45, 2.75) is 56.0 Å². The maximum Gasteiger partial charge on any atom is 0.235 e. The molecule has 2 aromatic carbocycles. The SMILES string of the molecule is O=C(CC1(C(=O)Nc2cncc3ccccc23)CCOc2ccc(Cl)cc21)N1CCCCC1C1CCNN1. The third-order valence-electron chi connectivity index (χ3n) is 8.25. The minimum Gasteiger partial charge on any atom is -0.493 e. The number of rotatable bonds is 5. The number of fused-ring (bicyclic) bond motifs is 2. The number of carbonyl (C=O) groups excluding carboxylic acids is 2. The van der Waals surface area contributed by atoms with Crippen LogP contribution in [0.1, 0.15) is 44.1 Å². The smallest absolute Gasteiger partial charge is 0.235 e. The second-order valence-electron chi connectivity index (χ2n) is 10.5. The van der Waals surface area contributed by atoms with Crippen molar-refractivity contribution in [2.24, 2.45) is 0 Å². The molecule has 3 aromatic rings. The van der Waals surface area contributed by atoms with Crippen molar-refractivity contribution in [3.05, 3.63) is 65.4 Å². The predicted octanol–water partition coefficient (Wildman–Crippen LogP) is 4.18. The van der Waals surface area contributed by atoms with Crippen LogP contribution in [0, 0.1) is 0 Å². The number of amides is 2. The first-order valence-electron chi connectivity index (χ1n) is 13.4.